The molecule has 0 N–H and O–H groups in total. The monoisotopic (exact) mass is 212 g/mol. The molecule has 0 atom stereocenters. The Balaban J connectivity index is 2.73. The molecular formula is C11H13ClS. The lowest BCUT2D eigenvalue weighted by Crippen LogP contribution is -1.77. The van der Waals surface area contributed by atoms with Gasteiger partial charge in [0.05, 0.1) is 0 Å². The van der Waals surface area contributed by atoms with Gasteiger partial charge < -0.3 is 0 Å². The second-order valence-electron chi connectivity index (χ2n) is 2.92. The minimum Gasteiger partial charge on any atom is -0.179 e. The summed E-state index contributed by atoms with van der Waals surface area (Å²) in [5, 5.41) is 0.825. The number of hydrogen-bond donors (Lipinski definition) is 1. The van der Waals surface area contributed by atoms with E-state index in [1.54, 1.807) is 0 Å². The van der Waals surface area contributed by atoms with Gasteiger partial charge in [-0.25, -0.2) is 0 Å². The van der Waals surface area contributed by atoms with Gasteiger partial charge in [-0.15, -0.1) is 0 Å². The number of aryl methyl sites for hydroxylation is 1. The molecule has 0 radical (unpaired) electrons. The first-order valence-electron chi connectivity index (χ1n) is 4.27. The number of halogens is 1. The van der Waals surface area contributed by atoms with Crippen molar-refractivity contribution in [2.45, 2.75) is 13.3 Å². The molecule has 1 rings (SSSR count). The van der Waals surface area contributed by atoms with Crippen LogP contribution in [0.3, 0.4) is 0 Å². The van der Waals surface area contributed by atoms with Gasteiger partial charge in [0.2, 0.25) is 0 Å². The molecule has 0 saturated heterocycles. The molecule has 0 spiro atoms. The molecule has 0 unspecified atom stereocenters. The van der Waals surface area contributed by atoms with Crippen LogP contribution in [0.15, 0.2) is 24.3 Å². The number of rotatable bonds is 3. The lowest BCUT2D eigenvalue weighted by atomic mass is 10.1. The van der Waals surface area contributed by atoms with Crippen LogP contribution < -0.4 is 0 Å². The average Bonchev–Trinajstić information content (AvgIpc) is 2.12. The quantitative estimate of drug-likeness (QED) is 0.720. The Morgan fingerprint density at radius 1 is 1.46 bits per heavy atom. The van der Waals surface area contributed by atoms with E-state index in [0.717, 1.165) is 22.8 Å². The summed E-state index contributed by atoms with van der Waals surface area (Å²) < 4.78 is 0. The maximum Gasteiger partial charge on any atom is 0.0435 e. The summed E-state index contributed by atoms with van der Waals surface area (Å²) in [6, 6.07) is 6.03. The summed E-state index contributed by atoms with van der Waals surface area (Å²) in [4.78, 5) is 0. The Morgan fingerprint density at radius 3 is 2.85 bits per heavy atom. The normalized spacial score (nSPS) is 11.0. The van der Waals surface area contributed by atoms with Crippen LogP contribution >= 0.6 is 24.2 Å². The third-order valence-electron chi connectivity index (χ3n) is 1.79. The molecule has 0 saturated carbocycles. The molecule has 1 aromatic rings. The fourth-order valence-corrected chi connectivity index (χ4v) is 1.33. The van der Waals surface area contributed by atoms with Crippen LogP contribution in [0.1, 0.15) is 17.5 Å². The molecule has 0 fully saturated rings. The highest BCUT2D eigenvalue weighted by molar-refractivity contribution is 7.80. The molecule has 0 nitrogen and oxygen atoms in total. The predicted octanol–water partition coefficient (Wildman–Crippen LogP) is 3.98. The van der Waals surface area contributed by atoms with E-state index in [9.17, 15) is 0 Å². The molecule has 0 aliphatic rings. The van der Waals surface area contributed by atoms with E-state index in [1.165, 1.54) is 5.56 Å². The van der Waals surface area contributed by atoms with Crippen molar-refractivity contribution in [1.82, 2.24) is 0 Å². The van der Waals surface area contributed by atoms with Crippen LogP contribution in [-0.2, 0) is 0 Å². The molecule has 0 aliphatic heterocycles. The topological polar surface area (TPSA) is 0 Å². The van der Waals surface area contributed by atoms with E-state index in [1.807, 2.05) is 19.1 Å². The van der Waals surface area contributed by atoms with Crippen LogP contribution in [0.2, 0.25) is 5.02 Å². The van der Waals surface area contributed by atoms with E-state index in [0.29, 0.717) is 0 Å². The summed E-state index contributed by atoms with van der Waals surface area (Å²) in [7, 11) is 0. The Kier molecular flexibility index (Phi) is 4.40. The fraction of sp³-hybridized carbons (Fsp3) is 0.273. The van der Waals surface area contributed by atoms with Gasteiger partial charge in [-0.3, -0.25) is 0 Å². The van der Waals surface area contributed by atoms with E-state index in [4.69, 9.17) is 11.6 Å². The van der Waals surface area contributed by atoms with Crippen molar-refractivity contribution in [3.8, 4) is 0 Å². The Bertz CT molecular complexity index is 305. The molecule has 1 aromatic carbocycles. The second-order valence-corrected chi connectivity index (χ2v) is 3.78. The lowest BCUT2D eigenvalue weighted by Gasteiger charge is -1.98. The van der Waals surface area contributed by atoms with Crippen LogP contribution in [0.5, 0.6) is 0 Å². The van der Waals surface area contributed by atoms with E-state index >= 15 is 0 Å². The van der Waals surface area contributed by atoms with Crippen molar-refractivity contribution < 1.29 is 0 Å². The van der Waals surface area contributed by atoms with Crippen molar-refractivity contribution in [3.63, 3.8) is 0 Å². The van der Waals surface area contributed by atoms with Crippen molar-refractivity contribution in [2.24, 2.45) is 0 Å². The zero-order valence-corrected chi connectivity index (χ0v) is 9.28. The van der Waals surface area contributed by atoms with Crippen LogP contribution in [0.25, 0.3) is 6.08 Å². The standard InChI is InChI=1S/C11H13ClS/c1-9-8-10(4-2-3-7-13)5-6-11(9)12/h2,4-6,8,13H,3,7H2,1H3. The van der Waals surface area contributed by atoms with Gasteiger partial charge in [-0.1, -0.05) is 35.9 Å². The van der Waals surface area contributed by atoms with Crippen molar-refractivity contribution in [2.75, 3.05) is 5.75 Å². The summed E-state index contributed by atoms with van der Waals surface area (Å²) in [6.07, 6.45) is 5.22. The van der Waals surface area contributed by atoms with Gasteiger partial charge in [0.15, 0.2) is 0 Å². The third-order valence-corrected chi connectivity index (χ3v) is 2.47. The van der Waals surface area contributed by atoms with E-state index in [2.05, 4.69) is 30.8 Å². The van der Waals surface area contributed by atoms with E-state index < -0.39 is 0 Å². The molecule has 13 heavy (non-hydrogen) atoms. The summed E-state index contributed by atoms with van der Waals surface area (Å²) in [6.45, 7) is 2.01. The van der Waals surface area contributed by atoms with Gasteiger partial charge >= 0.3 is 0 Å². The average molecular weight is 213 g/mol. The minimum absolute atomic E-state index is 0.825. The summed E-state index contributed by atoms with van der Waals surface area (Å²) in [5.74, 6) is 0.892. The molecule has 0 bridgehead atoms. The number of allylic oxidation sites excluding steroid dienone is 1. The molecule has 0 amide bonds. The Hall–Kier alpha value is -0.400. The van der Waals surface area contributed by atoms with Gasteiger partial charge in [0, 0.05) is 5.02 Å². The zero-order valence-electron chi connectivity index (χ0n) is 7.63. The van der Waals surface area contributed by atoms with Crippen LogP contribution in [0.4, 0.5) is 0 Å². The predicted molar refractivity (Wildman–Crippen MR) is 63.7 cm³/mol. The van der Waals surface area contributed by atoms with Gasteiger partial charge in [0.1, 0.15) is 0 Å². The highest BCUT2D eigenvalue weighted by atomic mass is 35.5. The second kappa shape index (κ2) is 5.36. The Labute approximate surface area is 90.0 Å². The largest absolute Gasteiger partial charge is 0.179 e. The minimum atomic E-state index is 0.825. The highest BCUT2D eigenvalue weighted by Gasteiger charge is 1.93. The van der Waals surface area contributed by atoms with Gasteiger partial charge in [-0.2, -0.15) is 12.6 Å². The zero-order chi connectivity index (χ0) is 9.68. The van der Waals surface area contributed by atoms with Crippen molar-refractivity contribution >= 4 is 30.3 Å². The molecular weight excluding hydrogens is 200 g/mol. The Morgan fingerprint density at radius 2 is 2.23 bits per heavy atom. The maximum atomic E-state index is 5.91. The molecule has 2 heteroatoms. The molecule has 0 aromatic heterocycles. The third kappa shape index (κ3) is 3.45. The van der Waals surface area contributed by atoms with Crippen LogP contribution in [0, 0.1) is 6.92 Å². The SMILES string of the molecule is Cc1cc(C=CCCS)ccc1Cl. The number of thiol groups is 1. The summed E-state index contributed by atoms with van der Waals surface area (Å²) >= 11 is 10.0. The first-order chi connectivity index (χ1) is 6.24. The van der Waals surface area contributed by atoms with Gasteiger partial charge in [0.25, 0.3) is 0 Å². The van der Waals surface area contributed by atoms with Crippen LogP contribution in [-0.4, -0.2) is 5.75 Å². The lowest BCUT2D eigenvalue weighted by molar-refractivity contribution is 1.26. The van der Waals surface area contributed by atoms with Gasteiger partial charge in [-0.05, 0) is 36.3 Å². The first kappa shape index (κ1) is 10.7. The maximum absolute atomic E-state index is 5.91. The molecule has 70 valence electrons. The van der Waals surface area contributed by atoms with Crippen molar-refractivity contribution in [3.05, 3.63) is 40.4 Å². The highest BCUT2D eigenvalue weighted by Crippen LogP contribution is 2.17. The molecule has 0 aliphatic carbocycles. The smallest absolute Gasteiger partial charge is 0.0435 e. The number of hydrogen-bond acceptors (Lipinski definition) is 1. The summed E-state index contributed by atoms with van der Waals surface area (Å²) in [5.41, 5.74) is 2.32. The molecule has 0 heterocycles. The number of benzene rings is 1. The fourth-order valence-electron chi connectivity index (χ4n) is 1.07. The first-order valence-corrected chi connectivity index (χ1v) is 5.28. The van der Waals surface area contributed by atoms with Crippen molar-refractivity contribution in [1.29, 1.82) is 0 Å². The van der Waals surface area contributed by atoms with E-state index in [-0.39, 0.29) is 0 Å².